The summed E-state index contributed by atoms with van der Waals surface area (Å²) >= 11 is 0. The molecule has 0 bridgehead atoms. The molecule has 0 aliphatic heterocycles. The van der Waals surface area contributed by atoms with E-state index in [4.69, 9.17) is 14.6 Å². The van der Waals surface area contributed by atoms with Crippen molar-refractivity contribution < 1.29 is 29.0 Å². The Balaban J connectivity index is 1.35. The van der Waals surface area contributed by atoms with Crippen LogP contribution in [-0.4, -0.2) is 55.5 Å². The quantitative estimate of drug-likeness (QED) is 0.503. The maximum atomic E-state index is 12.0. The van der Waals surface area contributed by atoms with Gasteiger partial charge in [0.2, 0.25) is 5.91 Å². The van der Waals surface area contributed by atoms with E-state index in [0.717, 1.165) is 11.1 Å². The maximum absolute atomic E-state index is 12.0. The topological polar surface area (TPSA) is 114 Å². The number of rotatable bonds is 10. The smallest absolute Gasteiger partial charge is 0.407 e. The number of amides is 2. The predicted octanol–water partition coefficient (Wildman–Crippen LogP) is 2.52. The van der Waals surface area contributed by atoms with Gasteiger partial charge < -0.3 is 25.2 Å². The highest BCUT2D eigenvalue weighted by molar-refractivity contribution is 5.83. The van der Waals surface area contributed by atoms with E-state index in [2.05, 4.69) is 34.9 Å². The Labute approximate surface area is 180 Å². The number of carbonyl (C=O) groups excluding carboxylic acids is 2. The van der Waals surface area contributed by atoms with Crippen LogP contribution in [0.2, 0.25) is 0 Å². The molecule has 0 saturated carbocycles. The van der Waals surface area contributed by atoms with E-state index in [-0.39, 0.29) is 38.7 Å². The van der Waals surface area contributed by atoms with Crippen LogP contribution in [0.15, 0.2) is 48.5 Å². The van der Waals surface area contributed by atoms with Crippen LogP contribution in [0.5, 0.6) is 0 Å². The predicted molar refractivity (Wildman–Crippen MR) is 114 cm³/mol. The van der Waals surface area contributed by atoms with Gasteiger partial charge in [0.15, 0.2) is 0 Å². The number of carbonyl (C=O) groups is 3. The second-order valence-corrected chi connectivity index (χ2v) is 7.24. The summed E-state index contributed by atoms with van der Waals surface area (Å²) in [6.07, 6.45) is -0.485. The van der Waals surface area contributed by atoms with Crippen LogP contribution in [0, 0.1) is 0 Å². The largest absolute Gasteiger partial charge is 0.480 e. The van der Waals surface area contributed by atoms with Crippen LogP contribution in [0.25, 0.3) is 11.1 Å². The zero-order valence-electron chi connectivity index (χ0n) is 17.3. The van der Waals surface area contributed by atoms with Gasteiger partial charge in [-0.3, -0.25) is 9.59 Å². The summed E-state index contributed by atoms with van der Waals surface area (Å²) in [5, 5.41) is 13.7. The minimum Gasteiger partial charge on any atom is -0.480 e. The SMILES string of the molecule is C[C@@H](NC(=O)CCOCCNC(=O)OCC1c2ccccc2-c2ccccc21)C(=O)O. The lowest BCUT2D eigenvalue weighted by Crippen LogP contribution is -2.38. The van der Waals surface area contributed by atoms with Gasteiger partial charge >= 0.3 is 12.1 Å². The minimum absolute atomic E-state index is 0.00102. The third-order valence-corrected chi connectivity index (χ3v) is 5.08. The van der Waals surface area contributed by atoms with Crippen molar-refractivity contribution in [1.29, 1.82) is 0 Å². The molecule has 164 valence electrons. The molecule has 2 aromatic carbocycles. The number of aliphatic carboxylic acids is 1. The van der Waals surface area contributed by atoms with Crippen LogP contribution < -0.4 is 10.6 Å². The summed E-state index contributed by atoms with van der Waals surface area (Å²) in [7, 11) is 0. The number of fused-ring (bicyclic) bond motifs is 3. The summed E-state index contributed by atoms with van der Waals surface area (Å²) in [5.74, 6) is -1.50. The molecule has 0 fully saturated rings. The van der Waals surface area contributed by atoms with Crippen molar-refractivity contribution in [1.82, 2.24) is 10.6 Å². The first-order chi connectivity index (χ1) is 15.0. The van der Waals surface area contributed by atoms with Gasteiger partial charge in [-0.25, -0.2) is 4.79 Å². The number of hydrogen-bond donors (Lipinski definition) is 3. The molecular weight excluding hydrogens is 400 g/mol. The molecule has 3 N–H and O–H groups in total. The number of benzene rings is 2. The van der Waals surface area contributed by atoms with Crippen LogP contribution in [0.3, 0.4) is 0 Å². The molecule has 0 saturated heterocycles. The number of nitrogens with one attached hydrogen (secondary N) is 2. The van der Waals surface area contributed by atoms with Crippen molar-refractivity contribution in [2.75, 3.05) is 26.4 Å². The zero-order chi connectivity index (χ0) is 22.2. The van der Waals surface area contributed by atoms with Crippen LogP contribution in [0.4, 0.5) is 4.79 Å². The number of ether oxygens (including phenoxy) is 2. The first kappa shape index (κ1) is 22.3. The second kappa shape index (κ2) is 10.6. The van der Waals surface area contributed by atoms with Gasteiger partial charge in [0.25, 0.3) is 0 Å². The molecule has 1 aliphatic rings. The fraction of sp³-hybridized carbons (Fsp3) is 0.348. The third kappa shape index (κ3) is 5.82. The van der Waals surface area contributed by atoms with Gasteiger partial charge in [0.05, 0.1) is 13.2 Å². The third-order valence-electron chi connectivity index (χ3n) is 5.08. The number of alkyl carbamates (subject to hydrolysis) is 1. The van der Waals surface area contributed by atoms with E-state index in [1.54, 1.807) is 0 Å². The summed E-state index contributed by atoms with van der Waals surface area (Å²) < 4.78 is 10.7. The highest BCUT2D eigenvalue weighted by Gasteiger charge is 2.28. The molecule has 8 nitrogen and oxygen atoms in total. The Hall–Kier alpha value is -3.39. The highest BCUT2D eigenvalue weighted by Crippen LogP contribution is 2.44. The fourth-order valence-corrected chi connectivity index (χ4v) is 3.52. The summed E-state index contributed by atoms with van der Waals surface area (Å²) in [5.41, 5.74) is 4.63. The Morgan fingerprint density at radius 3 is 2.23 bits per heavy atom. The lowest BCUT2D eigenvalue weighted by molar-refractivity contribution is -0.141. The molecule has 0 radical (unpaired) electrons. The Morgan fingerprint density at radius 2 is 1.61 bits per heavy atom. The van der Waals surface area contributed by atoms with Gasteiger partial charge in [-0.1, -0.05) is 48.5 Å². The Kier molecular flexibility index (Phi) is 7.61. The van der Waals surface area contributed by atoms with Crippen molar-refractivity contribution >= 4 is 18.0 Å². The van der Waals surface area contributed by atoms with Crippen molar-refractivity contribution in [3.63, 3.8) is 0 Å². The van der Waals surface area contributed by atoms with Gasteiger partial charge in [0.1, 0.15) is 12.6 Å². The van der Waals surface area contributed by atoms with Crippen molar-refractivity contribution in [3.8, 4) is 11.1 Å². The first-order valence-electron chi connectivity index (χ1n) is 10.2. The van der Waals surface area contributed by atoms with Crippen molar-refractivity contribution in [2.24, 2.45) is 0 Å². The number of hydrogen-bond acceptors (Lipinski definition) is 5. The molecule has 0 heterocycles. The lowest BCUT2D eigenvalue weighted by Gasteiger charge is -2.14. The van der Waals surface area contributed by atoms with Gasteiger partial charge in [-0.15, -0.1) is 0 Å². The number of carboxylic acid groups (broad SMARTS) is 1. The van der Waals surface area contributed by atoms with E-state index in [1.165, 1.54) is 18.1 Å². The van der Waals surface area contributed by atoms with E-state index in [1.807, 2.05) is 24.3 Å². The van der Waals surface area contributed by atoms with E-state index >= 15 is 0 Å². The molecule has 0 spiro atoms. The molecule has 0 aromatic heterocycles. The van der Waals surface area contributed by atoms with Gasteiger partial charge in [-0.05, 0) is 29.2 Å². The van der Waals surface area contributed by atoms with Gasteiger partial charge in [0, 0.05) is 18.9 Å². The Bertz CT molecular complexity index is 900. The van der Waals surface area contributed by atoms with Crippen LogP contribution in [-0.2, 0) is 19.1 Å². The molecule has 2 amide bonds. The molecule has 31 heavy (non-hydrogen) atoms. The molecular formula is C23H26N2O6. The molecule has 8 heteroatoms. The average molecular weight is 426 g/mol. The van der Waals surface area contributed by atoms with Gasteiger partial charge in [-0.2, -0.15) is 0 Å². The molecule has 1 atom stereocenters. The minimum atomic E-state index is -1.10. The highest BCUT2D eigenvalue weighted by atomic mass is 16.5. The fourth-order valence-electron chi connectivity index (χ4n) is 3.52. The summed E-state index contributed by atoms with van der Waals surface area (Å²) in [4.78, 5) is 34.3. The molecule has 2 aromatic rings. The summed E-state index contributed by atoms with van der Waals surface area (Å²) in [6.45, 7) is 2.21. The lowest BCUT2D eigenvalue weighted by atomic mass is 9.98. The first-order valence-corrected chi connectivity index (χ1v) is 10.2. The zero-order valence-corrected chi connectivity index (χ0v) is 17.3. The molecule has 1 aliphatic carbocycles. The van der Waals surface area contributed by atoms with E-state index in [0.29, 0.717) is 0 Å². The normalized spacial score (nSPS) is 13.1. The molecule has 0 unspecified atom stereocenters. The van der Waals surface area contributed by atoms with Crippen LogP contribution >= 0.6 is 0 Å². The Morgan fingerprint density at radius 1 is 1.00 bits per heavy atom. The van der Waals surface area contributed by atoms with Crippen LogP contribution in [0.1, 0.15) is 30.4 Å². The monoisotopic (exact) mass is 426 g/mol. The summed E-state index contributed by atoms with van der Waals surface area (Å²) in [6, 6.07) is 15.3. The van der Waals surface area contributed by atoms with E-state index in [9.17, 15) is 14.4 Å². The number of carboxylic acids is 1. The van der Waals surface area contributed by atoms with E-state index < -0.39 is 24.0 Å². The maximum Gasteiger partial charge on any atom is 0.407 e. The average Bonchev–Trinajstić information content (AvgIpc) is 3.08. The second-order valence-electron chi connectivity index (χ2n) is 7.24. The standard InChI is InChI=1S/C23H26N2O6/c1-15(22(27)28)25-21(26)10-12-30-13-11-24-23(29)31-14-20-18-8-4-2-6-16(18)17-7-3-5-9-19(17)20/h2-9,15,20H,10-14H2,1H3,(H,24,29)(H,25,26)(H,27,28)/t15-/m1/s1. The molecule has 3 rings (SSSR count). The van der Waals surface area contributed by atoms with Crippen molar-refractivity contribution in [3.05, 3.63) is 59.7 Å². The van der Waals surface area contributed by atoms with Crippen molar-refractivity contribution in [2.45, 2.75) is 25.3 Å².